The highest BCUT2D eigenvalue weighted by Gasteiger charge is 2.18. The minimum atomic E-state index is -3.48. The van der Waals surface area contributed by atoms with E-state index in [1.807, 2.05) is 12.1 Å². The van der Waals surface area contributed by atoms with Gasteiger partial charge in [0.1, 0.15) is 0 Å². The summed E-state index contributed by atoms with van der Waals surface area (Å²) in [4.78, 5) is 0. The van der Waals surface area contributed by atoms with Gasteiger partial charge in [-0.2, -0.15) is 0 Å². The first-order valence-electron chi connectivity index (χ1n) is 7.62. The second-order valence-corrected chi connectivity index (χ2v) is 9.63. The predicted octanol–water partition coefficient (Wildman–Crippen LogP) is 1.91. The highest BCUT2D eigenvalue weighted by Crippen LogP contribution is 2.21. The first kappa shape index (κ1) is 19.9. The molecule has 0 aliphatic rings. The van der Waals surface area contributed by atoms with Gasteiger partial charge in [0, 0.05) is 13.1 Å². The van der Waals surface area contributed by atoms with Gasteiger partial charge in [-0.15, -0.1) is 0 Å². The normalized spacial score (nSPS) is 12.6. The highest BCUT2D eigenvalue weighted by molar-refractivity contribution is 7.92. The summed E-state index contributed by atoms with van der Waals surface area (Å²) in [6.07, 6.45) is 1.63. The maximum absolute atomic E-state index is 12.0. The summed E-state index contributed by atoms with van der Waals surface area (Å²) in [5, 5.41) is 0. The lowest BCUT2D eigenvalue weighted by Gasteiger charge is -2.23. The van der Waals surface area contributed by atoms with Crippen LogP contribution in [0.1, 0.15) is 38.7 Å². The molecule has 0 saturated heterocycles. The van der Waals surface area contributed by atoms with Crippen molar-refractivity contribution in [2.24, 2.45) is 0 Å². The Kier molecular flexibility index (Phi) is 7.03. The minimum Gasteiger partial charge on any atom is -0.269 e. The number of anilines is 1. The molecule has 0 aromatic heterocycles. The van der Waals surface area contributed by atoms with E-state index in [-0.39, 0.29) is 18.8 Å². The van der Waals surface area contributed by atoms with Crippen LogP contribution < -0.4 is 9.03 Å². The molecule has 132 valence electrons. The van der Waals surface area contributed by atoms with Gasteiger partial charge < -0.3 is 0 Å². The van der Waals surface area contributed by atoms with Gasteiger partial charge in [0.25, 0.3) is 0 Å². The molecule has 0 atom stereocenters. The van der Waals surface area contributed by atoms with E-state index in [4.69, 9.17) is 0 Å². The smallest absolute Gasteiger partial charge is 0.232 e. The molecule has 0 aliphatic carbocycles. The van der Waals surface area contributed by atoms with Gasteiger partial charge in [0.05, 0.1) is 17.7 Å². The number of rotatable bonds is 9. The average Bonchev–Trinajstić information content (AvgIpc) is 2.42. The number of nitrogens with zero attached hydrogens (tertiary/aromatic N) is 1. The Hall–Kier alpha value is -1.12. The van der Waals surface area contributed by atoms with E-state index < -0.39 is 20.0 Å². The molecule has 0 radical (unpaired) electrons. The van der Waals surface area contributed by atoms with E-state index in [9.17, 15) is 16.8 Å². The third-order valence-electron chi connectivity index (χ3n) is 3.36. The molecule has 0 heterocycles. The largest absolute Gasteiger partial charge is 0.269 e. The number of benzene rings is 1. The molecule has 23 heavy (non-hydrogen) atoms. The van der Waals surface area contributed by atoms with Crippen LogP contribution in [0.3, 0.4) is 0 Å². The Bertz CT molecular complexity index is 695. The molecule has 1 rings (SSSR count). The van der Waals surface area contributed by atoms with Crippen molar-refractivity contribution in [3.8, 4) is 0 Å². The highest BCUT2D eigenvalue weighted by atomic mass is 32.2. The molecule has 0 saturated carbocycles. The predicted molar refractivity (Wildman–Crippen MR) is 94.8 cm³/mol. The van der Waals surface area contributed by atoms with Crippen LogP contribution in [0.4, 0.5) is 5.69 Å². The summed E-state index contributed by atoms with van der Waals surface area (Å²) in [7, 11) is -6.83. The maximum Gasteiger partial charge on any atom is 0.232 e. The van der Waals surface area contributed by atoms with E-state index in [1.54, 1.807) is 19.1 Å². The monoisotopic (exact) mass is 362 g/mol. The Labute approximate surface area is 140 Å². The molecule has 1 aromatic rings. The molecule has 1 aromatic carbocycles. The van der Waals surface area contributed by atoms with Crippen molar-refractivity contribution >= 4 is 25.7 Å². The molecule has 0 spiro atoms. The van der Waals surface area contributed by atoms with Crippen molar-refractivity contribution in [2.45, 2.75) is 33.1 Å². The zero-order valence-corrected chi connectivity index (χ0v) is 15.7. The SMILES string of the molecule is CCCS(=O)(=O)NCCN(c1ccc(C(C)C)cc1)S(C)(=O)=O. The van der Waals surface area contributed by atoms with Crippen molar-refractivity contribution in [3.63, 3.8) is 0 Å². The second kappa shape index (κ2) is 8.12. The Balaban J connectivity index is 2.86. The quantitative estimate of drug-likeness (QED) is 0.727. The summed E-state index contributed by atoms with van der Waals surface area (Å²) in [6.45, 7) is 6.00. The van der Waals surface area contributed by atoms with E-state index in [0.29, 0.717) is 18.0 Å². The summed E-state index contributed by atoms with van der Waals surface area (Å²) in [5.74, 6) is 0.395. The molecular formula is C15H26N2O4S2. The fourth-order valence-electron chi connectivity index (χ4n) is 2.16. The molecule has 0 fully saturated rings. The van der Waals surface area contributed by atoms with Crippen molar-refractivity contribution in [1.82, 2.24) is 4.72 Å². The molecule has 8 heteroatoms. The van der Waals surface area contributed by atoms with Crippen LogP contribution in [0.5, 0.6) is 0 Å². The molecule has 0 unspecified atom stereocenters. The number of sulfonamides is 2. The fourth-order valence-corrected chi connectivity index (χ4v) is 4.17. The number of nitrogens with one attached hydrogen (secondary N) is 1. The lowest BCUT2D eigenvalue weighted by Crippen LogP contribution is -2.38. The van der Waals surface area contributed by atoms with Crippen LogP contribution in [-0.2, 0) is 20.0 Å². The number of hydrogen-bond acceptors (Lipinski definition) is 4. The molecule has 0 amide bonds. The maximum atomic E-state index is 12.0. The standard InChI is InChI=1S/C15H26N2O4S2/c1-5-12-23(20,21)16-10-11-17(22(4,18)19)15-8-6-14(7-9-15)13(2)3/h6-9,13,16H,5,10-12H2,1-4H3. The summed E-state index contributed by atoms with van der Waals surface area (Å²) in [5.41, 5.74) is 1.65. The van der Waals surface area contributed by atoms with Crippen molar-refractivity contribution < 1.29 is 16.8 Å². The van der Waals surface area contributed by atoms with Gasteiger partial charge in [-0.05, 0) is 30.0 Å². The van der Waals surface area contributed by atoms with Gasteiger partial charge in [0.2, 0.25) is 20.0 Å². The van der Waals surface area contributed by atoms with Crippen LogP contribution in [0, 0.1) is 0 Å². The first-order chi connectivity index (χ1) is 10.6. The summed E-state index contributed by atoms with van der Waals surface area (Å²) in [6, 6.07) is 7.27. The Morgan fingerprint density at radius 1 is 1.09 bits per heavy atom. The fraction of sp³-hybridized carbons (Fsp3) is 0.600. The van der Waals surface area contributed by atoms with Gasteiger partial charge in [-0.3, -0.25) is 4.31 Å². The second-order valence-electron chi connectivity index (χ2n) is 5.79. The van der Waals surface area contributed by atoms with E-state index in [2.05, 4.69) is 18.6 Å². The zero-order chi connectivity index (χ0) is 17.7. The van der Waals surface area contributed by atoms with E-state index in [1.165, 1.54) is 4.31 Å². The lowest BCUT2D eigenvalue weighted by atomic mass is 10.0. The zero-order valence-electron chi connectivity index (χ0n) is 14.1. The van der Waals surface area contributed by atoms with Gasteiger partial charge in [-0.1, -0.05) is 32.9 Å². The molecular weight excluding hydrogens is 336 g/mol. The third kappa shape index (κ3) is 6.48. The summed E-state index contributed by atoms with van der Waals surface area (Å²) < 4.78 is 50.9. The third-order valence-corrected chi connectivity index (χ3v) is 6.14. The van der Waals surface area contributed by atoms with Crippen molar-refractivity contribution in [2.75, 3.05) is 29.4 Å². The summed E-state index contributed by atoms with van der Waals surface area (Å²) >= 11 is 0. The van der Waals surface area contributed by atoms with Gasteiger partial charge in [0.15, 0.2) is 0 Å². The van der Waals surface area contributed by atoms with Gasteiger partial charge >= 0.3 is 0 Å². The molecule has 6 nitrogen and oxygen atoms in total. The van der Waals surface area contributed by atoms with Gasteiger partial charge in [-0.25, -0.2) is 21.6 Å². The lowest BCUT2D eigenvalue weighted by molar-refractivity contribution is 0.577. The molecule has 0 aliphatic heterocycles. The van der Waals surface area contributed by atoms with Crippen molar-refractivity contribution in [1.29, 1.82) is 0 Å². The van der Waals surface area contributed by atoms with E-state index >= 15 is 0 Å². The van der Waals surface area contributed by atoms with Crippen LogP contribution in [-0.4, -0.2) is 41.9 Å². The van der Waals surface area contributed by atoms with Crippen LogP contribution in [0.15, 0.2) is 24.3 Å². The van der Waals surface area contributed by atoms with Crippen LogP contribution in [0.2, 0.25) is 0 Å². The van der Waals surface area contributed by atoms with Crippen molar-refractivity contribution in [3.05, 3.63) is 29.8 Å². The number of hydrogen-bond donors (Lipinski definition) is 1. The molecule has 0 bridgehead atoms. The minimum absolute atomic E-state index is 0.0367. The molecule has 1 N–H and O–H groups in total. The Morgan fingerprint density at radius 3 is 2.09 bits per heavy atom. The first-order valence-corrected chi connectivity index (χ1v) is 11.1. The van der Waals surface area contributed by atoms with Crippen LogP contribution >= 0.6 is 0 Å². The topological polar surface area (TPSA) is 83.6 Å². The Morgan fingerprint density at radius 2 is 1.65 bits per heavy atom. The van der Waals surface area contributed by atoms with E-state index in [0.717, 1.165) is 11.8 Å². The average molecular weight is 363 g/mol. The van der Waals surface area contributed by atoms with Crippen LogP contribution in [0.25, 0.3) is 0 Å².